The van der Waals surface area contributed by atoms with Gasteiger partial charge in [-0.25, -0.2) is 4.79 Å². The number of hydrogen-bond donors (Lipinski definition) is 3. The zero-order valence-corrected chi connectivity index (χ0v) is 30.7. The minimum atomic E-state index is -0.541. The molecule has 2 heterocycles. The Labute approximate surface area is 295 Å². The molecule has 0 radical (unpaired) electrons. The maximum atomic E-state index is 13.0. The third kappa shape index (κ3) is 16.9. The summed E-state index contributed by atoms with van der Waals surface area (Å²) in [4.78, 5) is 36.1. The Morgan fingerprint density at radius 2 is 1.96 bits per heavy atom. The molecule has 2 aliphatic rings. The molecule has 2 aliphatic heterocycles. The van der Waals surface area contributed by atoms with Crippen molar-refractivity contribution in [3.63, 3.8) is 0 Å². The fourth-order valence-electron chi connectivity index (χ4n) is 5.37. The van der Waals surface area contributed by atoms with Crippen molar-refractivity contribution in [3.05, 3.63) is 71.9 Å². The highest BCUT2D eigenvalue weighted by Crippen LogP contribution is 2.29. The quantitative estimate of drug-likeness (QED) is 0.0355. The van der Waals surface area contributed by atoms with Crippen molar-refractivity contribution in [2.24, 2.45) is 11.8 Å². The summed E-state index contributed by atoms with van der Waals surface area (Å²) >= 11 is 0. The van der Waals surface area contributed by atoms with E-state index in [1.165, 1.54) is 11.6 Å². The minimum absolute atomic E-state index is 0.0437. The number of carbonyl (C=O) groups is 3. The van der Waals surface area contributed by atoms with Crippen molar-refractivity contribution in [1.82, 2.24) is 10.6 Å². The number of aliphatic hydroxyl groups excluding tert-OH is 1. The van der Waals surface area contributed by atoms with E-state index in [-0.39, 0.29) is 42.0 Å². The Hall–Kier alpha value is -2.97. The molecule has 1 fully saturated rings. The molecule has 2 amide bonds. The van der Waals surface area contributed by atoms with Crippen LogP contribution in [0.15, 0.2) is 71.9 Å². The Kier molecular flexibility index (Phi) is 20.1. The van der Waals surface area contributed by atoms with Crippen LogP contribution in [0.2, 0.25) is 0 Å². The molecule has 0 aromatic heterocycles. The number of rotatable bonds is 19. The third-order valence-corrected chi connectivity index (χ3v) is 10.3. The molecule has 3 N–H and O–H groups in total. The number of esters is 1. The summed E-state index contributed by atoms with van der Waals surface area (Å²) in [6, 6.07) is -0.402. The van der Waals surface area contributed by atoms with Crippen molar-refractivity contribution in [3.8, 4) is 12.3 Å². The van der Waals surface area contributed by atoms with E-state index >= 15 is 0 Å². The van der Waals surface area contributed by atoms with E-state index in [0.29, 0.717) is 50.3 Å². The van der Waals surface area contributed by atoms with Crippen LogP contribution in [0.4, 0.5) is 0 Å². The smallest absolute Gasteiger partial charge is 0.331 e. The Morgan fingerprint density at radius 1 is 1.19 bits per heavy atom. The number of nitrogens with one attached hydrogen (secondary N) is 2. The SMILES string of the molecule is C#CCCC(=O)NCCSSCCC(=O)N[C@H](/C=C/C=C(\C)C[C@@H](C)/C=C(C)\C=C\[C@H]1CC=CC(=O)O1)[C@@H]1C[C@@H](O)[C@H](C)[C@H](/C=C/C)O1. The summed E-state index contributed by atoms with van der Waals surface area (Å²) in [6.45, 7) is 10.8. The van der Waals surface area contributed by atoms with E-state index in [9.17, 15) is 19.5 Å². The van der Waals surface area contributed by atoms with Gasteiger partial charge in [-0.05, 0) is 39.2 Å². The summed E-state index contributed by atoms with van der Waals surface area (Å²) in [5.74, 6) is 3.65. The first kappa shape index (κ1) is 41.2. The molecule has 0 bridgehead atoms. The van der Waals surface area contributed by atoms with Gasteiger partial charge in [0.05, 0.1) is 24.4 Å². The van der Waals surface area contributed by atoms with Crippen molar-refractivity contribution in [2.45, 2.75) is 104 Å². The Balaban J connectivity index is 1.95. The van der Waals surface area contributed by atoms with E-state index in [0.717, 1.165) is 17.7 Å². The first-order valence-electron chi connectivity index (χ1n) is 16.8. The number of carbonyl (C=O) groups excluding carboxylic acids is 3. The molecule has 10 heteroatoms. The number of terminal acetylenes is 1. The lowest BCUT2D eigenvalue weighted by molar-refractivity contribution is -0.141. The lowest BCUT2D eigenvalue weighted by atomic mass is 9.87. The van der Waals surface area contributed by atoms with E-state index < -0.39 is 12.1 Å². The standard InChI is InChI=1S/C38H54N2O6S2/c1-7-9-16-36(42)39-21-23-48-47-22-20-37(43)40-32(35-26-33(41)30(6)34(46-35)12-8-2)15-10-13-27(3)24-29(5)25-28(4)18-19-31-14-11-17-38(44)45-31/h1,8,10-13,15,17-19,25,29-35,41H,9,14,16,20-24,26H2,2-6H3,(H,39,42)(H,40,43)/b12-8+,15-10+,19-18+,27-13+,28-25-/t29-,30+,31-,32-,33-,34+,35+/m1/s1. The van der Waals surface area contributed by atoms with Crippen LogP contribution in [0.5, 0.6) is 0 Å². The monoisotopic (exact) mass is 698 g/mol. The molecule has 0 aliphatic carbocycles. The molecule has 48 heavy (non-hydrogen) atoms. The molecular formula is C38H54N2O6S2. The highest BCUT2D eigenvalue weighted by Gasteiger charge is 2.37. The number of allylic oxidation sites excluding steroid dienone is 7. The lowest BCUT2D eigenvalue weighted by Crippen LogP contribution is -2.51. The second-order valence-corrected chi connectivity index (χ2v) is 15.0. The number of amides is 2. The number of cyclic esters (lactones) is 1. The highest BCUT2D eigenvalue weighted by atomic mass is 33.1. The molecule has 1 saturated heterocycles. The van der Waals surface area contributed by atoms with E-state index in [1.807, 2.05) is 63.3 Å². The largest absolute Gasteiger partial charge is 0.455 e. The summed E-state index contributed by atoms with van der Waals surface area (Å²) in [6.07, 6.45) is 26.2. The normalized spacial score (nSPS) is 24.9. The zero-order chi connectivity index (χ0) is 35.3. The molecule has 0 saturated carbocycles. The maximum absolute atomic E-state index is 13.0. The predicted molar refractivity (Wildman–Crippen MR) is 199 cm³/mol. The summed E-state index contributed by atoms with van der Waals surface area (Å²) in [5, 5.41) is 16.8. The molecular weight excluding hydrogens is 645 g/mol. The van der Waals surface area contributed by atoms with Gasteiger partial charge in [0.1, 0.15) is 6.10 Å². The van der Waals surface area contributed by atoms with Crippen LogP contribution >= 0.6 is 21.6 Å². The van der Waals surface area contributed by atoms with Gasteiger partial charge in [-0.15, -0.1) is 12.3 Å². The third-order valence-electron chi connectivity index (χ3n) is 7.90. The van der Waals surface area contributed by atoms with Gasteiger partial charge < -0.3 is 25.2 Å². The average molecular weight is 699 g/mol. The molecule has 264 valence electrons. The van der Waals surface area contributed by atoms with Crippen molar-refractivity contribution in [2.75, 3.05) is 18.1 Å². The highest BCUT2D eigenvalue weighted by molar-refractivity contribution is 8.76. The first-order valence-corrected chi connectivity index (χ1v) is 19.3. The fraction of sp³-hybridized carbons (Fsp3) is 0.553. The molecule has 8 nitrogen and oxygen atoms in total. The van der Waals surface area contributed by atoms with Gasteiger partial charge in [-0.2, -0.15) is 0 Å². The zero-order valence-electron chi connectivity index (χ0n) is 29.1. The lowest BCUT2D eigenvalue weighted by Gasteiger charge is -2.39. The summed E-state index contributed by atoms with van der Waals surface area (Å²) < 4.78 is 11.7. The average Bonchev–Trinajstić information content (AvgIpc) is 3.04. The van der Waals surface area contributed by atoms with E-state index in [4.69, 9.17) is 15.9 Å². The number of aliphatic hydroxyl groups is 1. The van der Waals surface area contributed by atoms with Crippen LogP contribution in [0.3, 0.4) is 0 Å². The van der Waals surface area contributed by atoms with Gasteiger partial charge in [0.15, 0.2) is 0 Å². The molecule has 2 rings (SSSR count). The second-order valence-electron chi connectivity index (χ2n) is 12.3. The van der Waals surface area contributed by atoms with E-state index in [2.05, 4.69) is 42.6 Å². The summed E-state index contributed by atoms with van der Waals surface area (Å²) in [7, 11) is 3.21. The fourth-order valence-corrected chi connectivity index (χ4v) is 7.26. The van der Waals surface area contributed by atoms with Gasteiger partial charge in [0, 0.05) is 62.1 Å². The van der Waals surface area contributed by atoms with Crippen LogP contribution in [0.1, 0.15) is 73.1 Å². The molecule has 0 spiro atoms. The summed E-state index contributed by atoms with van der Waals surface area (Å²) in [5.41, 5.74) is 2.30. The Bertz CT molecular complexity index is 1260. The molecule has 0 aromatic rings. The van der Waals surface area contributed by atoms with Crippen molar-refractivity contribution >= 4 is 39.4 Å². The van der Waals surface area contributed by atoms with Gasteiger partial charge in [-0.1, -0.05) is 95.2 Å². The number of ether oxygens (including phenoxy) is 2. The van der Waals surface area contributed by atoms with Crippen molar-refractivity contribution in [1.29, 1.82) is 0 Å². The van der Waals surface area contributed by atoms with Gasteiger partial charge in [-0.3, -0.25) is 9.59 Å². The van der Waals surface area contributed by atoms with Gasteiger partial charge in [0.25, 0.3) is 0 Å². The predicted octanol–water partition coefficient (Wildman–Crippen LogP) is 6.41. The maximum Gasteiger partial charge on any atom is 0.331 e. The minimum Gasteiger partial charge on any atom is -0.455 e. The Morgan fingerprint density at radius 3 is 2.69 bits per heavy atom. The van der Waals surface area contributed by atoms with Crippen LogP contribution in [0.25, 0.3) is 0 Å². The van der Waals surface area contributed by atoms with Crippen LogP contribution in [0, 0.1) is 24.2 Å². The van der Waals surface area contributed by atoms with E-state index in [1.54, 1.807) is 21.6 Å². The van der Waals surface area contributed by atoms with Gasteiger partial charge in [0.2, 0.25) is 11.8 Å². The molecule has 7 atom stereocenters. The molecule has 0 unspecified atom stereocenters. The van der Waals surface area contributed by atoms with Gasteiger partial charge >= 0.3 is 5.97 Å². The molecule has 0 aromatic carbocycles. The van der Waals surface area contributed by atoms with Crippen molar-refractivity contribution < 1.29 is 29.0 Å². The van der Waals surface area contributed by atoms with Crippen LogP contribution in [-0.4, -0.2) is 71.4 Å². The second kappa shape index (κ2) is 23.4. The van der Waals surface area contributed by atoms with Crippen LogP contribution < -0.4 is 10.6 Å². The first-order chi connectivity index (χ1) is 23.0. The topological polar surface area (TPSA) is 114 Å². The number of hydrogen-bond acceptors (Lipinski definition) is 8. The van der Waals surface area contributed by atoms with Crippen LogP contribution in [-0.2, 0) is 23.9 Å².